The molecule has 234 valence electrons. The minimum Gasteiger partial charge on any atom is -0.504 e. The summed E-state index contributed by atoms with van der Waals surface area (Å²) >= 11 is 6.43. The summed E-state index contributed by atoms with van der Waals surface area (Å²) < 4.78 is 22.3. The first kappa shape index (κ1) is 30.3. The molecule has 0 bridgehead atoms. The quantitative estimate of drug-likeness (QED) is 0.327. The van der Waals surface area contributed by atoms with E-state index in [1.54, 1.807) is 6.07 Å². The Morgan fingerprint density at radius 2 is 2.07 bits per heavy atom. The average Bonchev–Trinajstić information content (AvgIpc) is 3.25. The first-order valence-electron chi connectivity index (χ1n) is 14.2. The second-order valence-electron chi connectivity index (χ2n) is 11.2. The number of pyridine rings is 1. The van der Waals surface area contributed by atoms with Crippen LogP contribution in [0.5, 0.6) is 0 Å². The molecule has 4 N–H and O–H groups in total. The minimum absolute atomic E-state index is 0.111. The van der Waals surface area contributed by atoms with Gasteiger partial charge in [0, 0.05) is 50.6 Å². The van der Waals surface area contributed by atoms with Crippen LogP contribution >= 0.6 is 11.6 Å². The molecule has 2 fully saturated rings. The topological polar surface area (TPSA) is 161 Å². The molecule has 3 aliphatic rings. The number of aryl methyl sites for hydroxylation is 1. The van der Waals surface area contributed by atoms with E-state index in [4.69, 9.17) is 22.1 Å². The van der Waals surface area contributed by atoms with E-state index in [-0.39, 0.29) is 34.2 Å². The van der Waals surface area contributed by atoms with Crippen molar-refractivity contribution in [2.45, 2.75) is 31.5 Å². The van der Waals surface area contributed by atoms with Gasteiger partial charge in [0.2, 0.25) is 11.7 Å². The number of hydrogen-bond donors (Lipinski definition) is 3. The monoisotopic (exact) mass is 636 g/mol. The number of hydrogen-bond acceptors (Lipinski definition) is 9. The summed E-state index contributed by atoms with van der Waals surface area (Å²) in [4.78, 5) is 52.0. The Morgan fingerprint density at radius 3 is 2.76 bits per heavy atom. The molecule has 2 aliphatic heterocycles. The summed E-state index contributed by atoms with van der Waals surface area (Å²) in [6.07, 6.45) is 5.48. The molecule has 3 aromatic heterocycles. The van der Waals surface area contributed by atoms with E-state index < -0.39 is 40.5 Å². The molecule has 0 radical (unpaired) electrons. The molecule has 1 aliphatic carbocycles. The molecule has 0 aromatic carbocycles. The van der Waals surface area contributed by atoms with Crippen molar-refractivity contribution in [2.75, 3.05) is 43.1 Å². The lowest BCUT2D eigenvalue weighted by molar-refractivity contribution is -0.117. The van der Waals surface area contributed by atoms with Crippen LogP contribution in [0.15, 0.2) is 52.8 Å². The van der Waals surface area contributed by atoms with Crippen molar-refractivity contribution >= 4 is 46.0 Å². The number of allylic oxidation sites excluding steroid dienone is 2. The lowest BCUT2D eigenvalue weighted by atomic mass is 9.97. The number of carbonyl (C=O) groups is 2. The molecule has 2 saturated heterocycles. The second kappa shape index (κ2) is 12.0. The Kier molecular flexibility index (Phi) is 8.08. The summed E-state index contributed by atoms with van der Waals surface area (Å²) in [6, 6.07) is 2.36. The van der Waals surface area contributed by atoms with Crippen LogP contribution in [0, 0.1) is 11.8 Å². The minimum atomic E-state index is -1.23. The van der Waals surface area contributed by atoms with Gasteiger partial charge in [-0.25, -0.2) is 9.97 Å². The largest absolute Gasteiger partial charge is 0.504 e. The van der Waals surface area contributed by atoms with Gasteiger partial charge in [0.25, 0.3) is 11.5 Å². The van der Waals surface area contributed by atoms with Gasteiger partial charge >= 0.3 is 0 Å². The molecule has 5 heterocycles. The van der Waals surface area contributed by atoms with E-state index in [0.29, 0.717) is 17.5 Å². The van der Waals surface area contributed by atoms with Crippen molar-refractivity contribution in [1.29, 1.82) is 0 Å². The maximum absolute atomic E-state index is 14.3. The average molecular weight is 637 g/mol. The van der Waals surface area contributed by atoms with Crippen LogP contribution in [0.3, 0.4) is 0 Å². The van der Waals surface area contributed by atoms with Crippen LogP contribution in [0.1, 0.15) is 18.4 Å². The van der Waals surface area contributed by atoms with Gasteiger partial charge in [-0.05, 0) is 18.9 Å². The van der Waals surface area contributed by atoms with Crippen molar-refractivity contribution in [2.24, 2.45) is 12.8 Å². The maximum atomic E-state index is 14.3. The number of fused-ring (bicyclic) bond motifs is 1. The zero-order valence-corrected chi connectivity index (χ0v) is 25.2. The fourth-order valence-corrected chi connectivity index (χ4v) is 5.89. The molecule has 45 heavy (non-hydrogen) atoms. The standard InChI is InChI=1S/C30H30ClFN8O5/c1-16-10-38(18-13-45-14-18)5-6-40(16)24-8-23(21(31)9-34-24)36-25(41)12-39-11-20(26-29(39)35-15-37(2)30(26)44)17-3-4-22(32)27(42)19(7-17)28(33)43/h7-9,11,15-18,42H,5-6,10,12-14H2,1-2H3,(H2,33,43)(H,34,36,41)/t16-,17?/m0/s1. The van der Waals surface area contributed by atoms with E-state index in [1.807, 2.05) is 0 Å². The Hall–Kier alpha value is -4.71. The lowest BCUT2D eigenvalue weighted by Crippen LogP contribution is -2.59. The van der Waals surface area contributed by atoms with Crippen molar-refractivity contribution < 1.29 is 23.8 Å². The van der Waals surface area contributed by atoms with Crippen molar-refractivity contribution in [1.82, 2.24) is 24.0 Å². The van der Waals surface area contributed by atoms with Crippen molar-refractivity contribution in [3.8, 4) is 11.8 Å². The molecule has 0 saturated carbocycles. The van der Waals surface area contributed by atoms with Gasteiger partial charge in [0.15, 0.2) is 5.76 Å². The number of nitrogens with two attached hydrogens (primary N) is 1. The van der Waals surface area contributed by atoms with Gasteiger partial charge in [-0.2, -0.15) is 4.39 Å². The van der Waals surface area contributed by atoms with Gasteiger partial charge in [0.1, 0.15) is 18.0 Å². The fraction of sp³-hybridized carbons (Fsp3) is 0.367. The van der Waals surface area contributed by atoms with Gasteiger partial charge in [-0.1, -0.05) is 17.5 Å². The number of ether oxygens (including phenoxy) is 1. The number of piperazine rings is 1. The number of halogens is 2. The Balaban J connectivity index is 1.27. The van der Waals surface area contributed by atoms with Gasteiger partial charge in [0.05, 0.1) is 59.4 Å². The lowest BCUT2D eigenvalue weighted by Gasteiger charge is -2.46. The highest BCUT2D eigenvalue weighted by Crippen LogP contribution is 2.31. The number of amides is 2. The highest BCUT2D eigenvalue weighted by molar-refractivity contribution is 6.33. The number of carbonyl (C=O) groups excluding carboxylic acids is 2. The predicted octanol–water partition coefficient (Wildman–Crippen LogP) is 1.58. The third kappa shape index (κ3) is 5.77. The Morgan fingerprint density at radius 1 is 1.29 bits per heavy atom. The van der Waals surface area contributed by atoms with Crippen molar-refractivity contribution in [3.63, 3.8) is 0 Å². The number of aliphatic hydroxyl groups excluding tert-OH is 1. The van der Waals surface area contributed by atoms with Crippen molar-refractivity contribution in [3.05, 3.63) is 69.0 Å². The Labute approximate surface area is 261 Å². The molecule has 6 rings (SSSR count). The molecule has 0 spiro atoms. The first-order chi connectivity index (χ1) is 21.5. The third-order valence-corrected chi connectivity index (χ3v) is 8.52. The molecule has 13 nitrogen and oxygen atoms in total. The molecule has 2 amide bonds. The van der Waals surface area contributed by atoms with E-state index >= 15 is 0 Å². The smallest absolute Gasteiger partial charge is 0.262 e. The number of nitrogens with zero attached hydrogens (tertiary/aromatic N) is 6. The normalized spacial score (nSPS) is 20.7. The highest BCUT2D eigenvalue weighted by Gasteiger charge is 2.33. The fourth-order valence-electron chi connectivity index (χ4n) is 5.74. The zero-order chi connectivity index (χ0) is 32.0. The highest BCUT2D eigenvalue weighted by atomic mass is 35.5. The van der Waals surface area contributed by atoms with E-state index in [0.717, 1.165) is 32.8 Å². The molecule has 1 unspecified atom stereocenters. The van der Waals surface area contributed by atoms with Crippen LogP contribution in [-0.4, -0.2) is 85.9 Å². The third-order valence-electron chi connectivity index (χ3n) is 8.22. The number of rotatable bonds is 7. The van der Waals surface area contributed by atoms with E-state index in [2.05, 4.69) is 43.8 Å². The second-order valence-corrected chi connectivity index (χ2v) is 11.6. The van der Waals surface area contributed by atoms with E-state index in [9.17, 15) is 23.9 Å². The maximum Gasteiger partial charge on any atom is 0.262 e. The summed E-state index contributed by atoms with van der Waals surface area (Å²) in [5.74, 6) is 0.686. The first-order valence-corrected chi connectivity index (χ1v) is 14.6. The van der Waals surface area contributed by atoms with E-state index in [1.165, 1.54) is 41.0 Å². The molecular weight excluding hydrogens is 607 g/mol. The number of anilines is 2. The van der Waals surface area contributed by atoms with Crippen LogP contribution in [-0.2, 0) is 27.9 Å². The number of nitrogens with one attached hydrogen (secondary N) is 1. The van der Waals surface area contributed by atoms with Crippen LogP contribution in [0.2, 0.25) is 5.02 Å². The summed E-state index contributed by atoms with van der Waals surface area (Å²) in [5, 5.41) is 13.3. The SMILES string of the molecule is C[C@H]1CN(C2COC2)CCN1c1cc(NC(=O)Cn2cc(C3C#CC(F)=C(O)C(C(N)=O)=C3)c3c(=O)n(C)cnc32)c(Cl)cn1. The molecule has 2 atom stereocenters. The van der Waals surface area contributed by atoms with Gasteiger partial charge < -0.3 is 34.9 Å². The van der Waals surface area contributed by atoms with Crippen LogP contribution in [0.4, 0.5) is 15.9 Å². The summed E-state index contributed by atoms with van der Waals surface area (Å²) in [5.41, 5.74) is 5.21. The van der Waals surface area contributed by atoms with Gasteiger partial charge in [-0.3, -0.25) is 19.3 Å². The summed E-state index contributed by atoms with van der Waals surface area (Å²) in [7, 11) is 1.50. The molecule has 15 heteroatoms. The molecular formula is C30H30ClFN8O5. The predicted molar refractivity (Wildman–Crippen MR) is 164 cm³/mol. The molecule has 3 aromatic rings. The number of aromatic nitrogens is 4. The summed E-state index contributed by atoms with van der Waals surface area (Å²) in [6.45, 7) is 5.84. The van der Waals surface area contributed by atoms with Gasteiger partial charge in [-0.15, -0.1) is 0 Å². The number of aliphatic hydroxyl groups is 1. The zero-order valence-electron chi connectivity index (χ0n) is 24.5. The van der Waals surface area contributed by atoms with Crippen LogP contribution in [0.25, 0.3) is 11.0 Å². The number of primary amides is 1. The van der Waals surface area contributed by atoms with Crippen LogP contribution < -0.4 is 21.5 Å². The Bertz CT molecular complexity index is 1900.